The van der Waals surface area contributed by atoms with Gasteiger partial charge in [0.1, 0.15) is 5.41 Å². The molecular formula is C24H28N2. The predicted octanol–water partition coefficient (Wildman–Crippen LogP) is 5.49. The molecule has 3 rings (SSSR count). The summed E-state index contributed by atoms with van der Waals surface area (Å²) in [7, 11) is 0. The summed E-state index contributed by atoms with van der Waals surface area (Å²) in [5.41, 5.74) is 3.32. The van der Waals surface area contributed by atoms with Crippen LogP contribution in [0.5, 0.6) is 0 Å². The maximum atomic E-state index is 4.23. The molecule has 0 unspecified atom stereocenters. The fourth-order valence-corrected chi connectivity index (χ4v) is 3.24. The Balaban J connectivity index is 1.56. The molecule has 0 aromatic heterocycles. The summed E-state index contributed by atoms with van der Waals surface area (Å²) in [6.07, 6.45) is 5.29. The van der Waals surface area contributed by atoms with Crippen LogP contribution in [0.15, 0.2) is 66.4 Å². The maximum Gasteiger partial charge on any atom is 0.115 e. The third-order valence-electron chi connectivity index (χ3n) is 4.61. The van der Waals surface area contributed by atoms with E-state index in [2.05, 4.69) is 91.4 Å². The molecule has 0 saturated carbocycles. The van der Waals surface area contributed by atoms with Crippen LogP contribution in [0, 0.1) is 17.3 Å². The SMILES string of the molecule is C=C(CCNCCC)CC1(/C=C(/C)Nc2ccc3ccccc3c2)C#C1. The third-order valence-corrected chi connectivity index (χ3v) is 4.61. The van der Waals surface area contributed by atoms with Crippen LogP contribution in [0.3, 0.4) is 0 Å². The van der Waals surface area contributed by atoms with E-state index in [-0.39, 0.29) is 5.41 Å². The second-order valence-electron chi connectivity index (χ2n) is 7.16. The zero-order chi connectivity index (χ0) is 18.4. The van der Waals surface area contributed by atoms with E-state index in [1.165, 1.54) is 22.8 Å². The zero-order valence-corrected chi connectivity index (χ0v) is 15.9. The lowest BCUT2D eigenvalue weighted by Crippen LogP contribution is -2.17. The summed E-state index contributed by atoms with van der Waals surface area (Å²) < 4.78 is 0. The second kappa shape index (κ2) is 8.25. The van der Waals surface area contributed by atoms with Gasteiger partial charge < -0.3 is 10.6 Å². The van der Waals surface area contributed by atoms with Gasteiger partial charge in [-0.2, -0.15) is 0 Å². The van der Waals surface area contributed by atoms with Gasteiger partial charge in [-0.3, -0.25) is 0 Å². The van der Waals surface area contributed by atoms with Crippen molar-refractivity contribution >= 4 is 16.5 Å². The molecule has 0 atom stereocenters. The fourth-order valence-electron chi connectivity index (χ4n) is 3.24. The molecule has 1 aliphatic rings. The van der Waals surface area contributed by atoms with E-state index in [4.69, 9.17) is 0 Å². The fraction of sp³-hybridized carbons (Fsp3) is 0.333. The average Bonchev–Trinajstić information content (AvgIpc) is 3.37. The molecule has 2 nitrogen and oxygen atoms in total. The molecule has 0 saturated heterocycles. The van der Waals surface area contributed by atoms with Gasteiger partial charge in [0.05, 0.1) is 0 Å². The van der Waals surface area contributed by atoms with E-state index in [0.717, 1.165) is 37.3 Å². The molecule has 0 aliphatic heterocycles. The van der Waals surface area contributed by atoms with Gasteiger partial charge in [0.15, 0.2) is 0 Å². The quantitative estimate of drug-likeness (QED) is 0.338. The Kier molecular flexibility index (Phi) is 5.81. The third kappa shape index (κ3) is 5.00. The summed E-state index contributed by atoms with van der Waals surface area (Å²) >= 11 is 0. The van der Waals surface area contributed by atoms with Crippen LogP contribution in [-0.2, 0) is 0 Å². The Bertz CT molecular complexity index is 872. The van der Waals surface area contributed by atoms with Gasteiger partial charge >= 0.3 is 0 Å². The summed E-state index contributed by atoms with van der Waals surface area (Å²) in [6.45, 7) is 10.6. The van der Waals surface area contributed by atoms with Crippen molar-refractivity contribution in [3.63, 3.8) is 0 Å². The lowest BCUT2D eigenvalue weighted by atomic mass is 9.91. The second-order valence-corrected chi connectivity index (χ2v) is 7.16. The predicted molar refractivity (Wildman–Crippen MR) is 113 cm³/mol. The molecular weight excluding hydrogens is 316 g/mol. The molecule has 2 N–H and O–H groups in total. The number of allylic oxidation sites excluding steroid dienone is 2. The number of benzene rings is 2. The Morgan fingerprint density at radius 2 is 1.88 bits per heavy atom. The van der Waals surface area contributed by atoms with E-state index in [9.17, 15) is 0 Å². The van der Waals surface area contributed by atoms with E-state index in [1.807, 2.05) is 0 Å². The monoisotopic (exact) mass is 344 g/mol. The Hall–Kier alpha value is -2.50. The van der Waals surface area contributed by atoms with Crippen LogP contribution < -0.4 is 10.6 Å². The molecule has 0 bridgehead atoms. The Morgan fingerprint density at radius 3 is 2.62 bits per heavy atom. The van der Waals surface area contributed by atoms with Gasteiger partial charge in [0, 0.05) is 11.4 Å². The molecule has 0 fully saturated rings. The molecule has 2 aromatic rings. The smallest absolute Gasteiger partial charge is 0.115 e. The van der Waals surface area contributed by atoms with Crippen LogP contribution in [0.1, 0.15) is 33.1 Å². The largest absolute Gasteiger partial charge is 0.359 e. The highest BCUT2D eigenvalue weighted by atomic mass is 14.9. The minimum Gasteiger partial charge on any atom is -0.359 e. The minimum atomic E-state index is -0.157. The molecule has 0 spiro atoms. The molecule has 1 aliphatic carbocycles. The summed E-state index contributed by atoms with van der Waals surface area (Å²) in [6, 6.07) is 14.9. The van der Waals surface area contributed by atoms with Crippen LogP contribution in [-0.4, -0.2) is 13.1 Å². The van der Waals surface area contributed by atoms with Crippen molar-refractivity contribution in [2.75, 3.05) is 18.4 Å². The number of rotatable bonds is 10. The van der Waals surface area contributed by atoms with Crippen LogP contribution >= 0.6 is 0 Å². The molecule has 0 amide bonds. The van der Waals surface area contributed by atoms with Crippen molar-refractivity contribution in [2.45, 2.75) is 33.1 Å². The summed E-state index contributed by atoms with van der Waals surface area (Å²) in [4.78, 5) is 0. The van der Waals surface area contributed by atoms with Crippen molar-refractivity contribution in [1.29, 1.82) is 0 Å². The topological polar surface area (TPSA) is 24.1 Å². The first-order valence-corrected chi connectivity index (χ1v) is 9.47. The zero-order valence-electron chi connectivity index (χ0n) is 15.9. The molecule has 134 valence electrons. The van der Waals surface area contributed by atoms with Gasteiger partial charge in [-0.05, 0) is 68.3 Å². The standard InChI is InChI=1S/C24H28N2/c1-4-14-25-15-11-19(2)17-24(12-13-24)18-20(3)26-23-10-9-21-7-5-6-8-22(21)16-23/h5-10,16,18,25-26H,2,4,11,14-15,17H2,1,3H3/b20-18-. The van der Waals surface area contributed by atoms with Gasteiger partial charge in [-0.1, -0.05) is 61.2 Å². The van der Waals surface area contributed by atoms with Crippen molar-refractivity contribution in [3.05, 3.63) is 66.4 Å². The summed E-state index contributed by atoms with van der Waals surface area (Å²) in [5.74, 6) is 6.56. The van der Waals surface area contributed by atoms with E-state index in [0.29, 0.717) is 0 Å². The van der Waals surface area contributed by atoms with E-state index in [1.54, 1.807) is 0 Å². The Labute approximate surface area is 157 Å². The molecule has 0 heterocycles. The van der Waals surface area contributed by atoms with E-state index < -0.39 is 0 Å². The number of hydrogen-bond acceptors (Lipinski definition) is 2. The van der Waals surface area contributed by atoms with Gasteiger partial charge in [-0.15, -0.1) is 0 Å². The highest BCUT2D eigenvalue weighted by Crippen LogP contribution is 2.36. The van der Waals surface area contributed by atoms with Gasteiger partial charge in [0.2, 0.25) is 0 Å². The lowest BCUT2D eigenvalue weighted by molar-refractivity contribution is 0.636. The average molecular weight is 345 g/mol. The van der Waals surface area contributed by atoms with Gasteiger partial charge in [-0.25, -0.2) is 0 Å². The van der Waals surface area contributed by atoms with Crippen LogP contribution in [0.4, 0.5) is 5.69 Å². The molecule has 0 radical (unpaired) electrons. The minimum absolute atomic E-state index is 0.157. The van der Waals surface area contributed by atoms with E-state index >= 15 is 0 Å². The van der Waals surface area contributed by atoms with Crippen LogP contribution in [0.25, 0.3) is 10.8 Å². The number of anilines is 1. The summed E-state index contributed by atoms with van der Waals surface area (Å²) in [5, 5.41) is 9.44. The highest BCUT2D eigenvalue weighted by molar-refractivity contribution is 5.85. The first kappa shape index (κ1) is 18.3. The van der Waals surface area contributed by atoms with Gasteiger partial charge in [0.25, 0.3) is 0 Å². The maximum absolute atomic E-state index is 4.23. The Morgan fingerprint density at radius 1 is 1.12 bits per heavy atom. The number of hydrogen-bond donors (Lipinski definition) is 2. The molecule has 26 heavy (non-hydrogen) atoms. The first-order valence-electron chi connectivity index (χ1n) is 9.47. The highest BCUT2D eigenvalue weighted by Gasteiger charge is 2.32. The van der Waals surface area contributed by atoms with Crippen molar-refractivity contribution in [2.24, 2.45) is 5.41 Å². The molecule has 2 aromatic carbocycles. The lowest BCUT2D eigenvalue weighted by Gasteiger charge is -2.15. The molecule has 2 heteroatoms. The number of fused-ring (bicyclic) bond motifs is 1. The van der Waals surface area contributed by atoms with Crippen molar-refractivity contribution in [3.8, 4) is 11.8 Å². The number of nitrogens with one attached hydrogen (secondary N) is 2. The van der Waals surface area contributed by atoms with Crippen molar-refractivity contribution in [1.82, 2.24) is 5.32 Å². The van der Waals surface area contributed by atoms with Crippen molar-refractivity contribution < 1.29 is 0 Å². The normalized spacial score (nSPS) is 14.6. The first-order chi connectivity index (χ1) is 12.6. The van der Waals surface area contributed by atoms with Crippen LogP contribution in [0.2, 0.25) is 0 Å².